The highest BCUT2D eigenvalue weighted by molar-refractivity contribution is 5.83. The van der Waals surface area contributed by atoms with Crippen LogP contribution in [0.4, 0.5) is 0 Å². The summed E-state index contributed by atoms with van der Waals surface area (Å²) < 4.78 is 5.02. The Morgan fingerprint density at radius 2 is 1.84 bits per heavy atom. The molecule has 4 fully saturated rings. The maximum absolute atomic E-state index is 12.9. The number of aromatic nitrogens is 1. The summed E-state index contributed by atoms with van der Waals surface area (Å²) in [5.74, 6) is 2.22. The van der Waals surface area contributed by atoms with Gasteiger partial charge in [0.05, 0.1) is 5.52 Å². The molecule has 0 aliphatic heterocycles. The quantitative estimate of drug-likeness (QED) is 0.898. The van der Waals surface area contributed by atoms with E-state index in [-0.39, 0.29) is 11.3 Å². The van der Waals surface area contributed by atoms with Gasteiger partial charge < -0.3 is 9.73 Å². The van der Waals surface area contributed by atoms with E-state index in [2.05, 4.69) is 10.3 Å². The first-order valence-corrected chi connectivity index (χ1v) is 9.50. The van der Waals surface area contributed by atoms with Crippen molar-refractivity contribution in [2.75, 3.05) is 6.54 Å². The average Bonchev–Trinajstić information content (AvgIpc) is 2.93. The molecule has 2 N–H and O–H groups in total. The Hall–Kier alpha value is -2.04. The van der Waals surface area contributed by atoms with Crippen molar-refractivity contribution in [1.29, 1.82) is 0 Å². The third-order valence-electron chi connectivity index (χ3n) is 6.70. The average molecular weight is 340 g/mol. The number of nitrogens with one attached hydrogen (secondary N) is 2. The summed E-state index contributed by atoms with van der Waals surface area (Å²) in [4.78, 5) is 26.8. The van der Waals surface area contributed by atoms with Crippen molar-refractivity contribution in [3.63, 3.8) is 0 Å². The van der Waals surface area contributed by atoms with Crippen LogP contribution in [0.3, 0.4) is 0 Å². The first-order valence-electron chi connectivity index (χ1n) is 9.50. The second-order valence-electron chi connectivity index (χ2n) is 8.55. The van der Waals surface area contributed by atoms with Gasteiger partial charge in [-0.3, -0.25) is 9.78 Å². The molecule has 0 unspecified atom stereocenters. The summed E-state index contributed by atoms with van der Waals surface area (Å²) in [6, 6.07) is 5.69. The molecule has 4 saturated carbocycles. The Labute approximate surface area is 146 Å². The molecule has 4 aliphatic rings. The third kappa shape index (κ3) is 2.60. The van der Waals surface area contributed by atoms with Crippen LogP contribution in [0.5, 0.6) is 0 Å². The molecule has 2 aromatic rings. The Balaban J connectivity index is 1.23. The van der Waals surface area contributed by atoms with Crippen molar-refractivity contribution in [3.8, 4) is 0 Å². The minimum Gasteiger partial charge on any atom is -0.408 e. The van der Waals surface area contributed by atoms with E-state index in [4.69, 9.17) is 4.42 Å². The third-order valence-corrected chi connectivity index (χ3v) is 6.70. The number of carbonyl (C=O) groups excluding carboxylic acids is 1. The molecule has 6 rings (SSSR count). The minimum atomic E-state index is -0.428. The molecule has 132 valence electrons. The number of rotatable bonds is 4. The second-order valence-corrected chi connectivity index (χ2v) is 8.55. The predicted molar refractivity (Wildman–Crippen MR) is 94.2 cm³/mol. The van der Waals surface area contributed by atoms with Crippen LogP contribution >= 0.6 is 0 Å². The van der Waals surface area contributed by atoms with E-state index in [1.54, 1.807) is 0 Å². The molecule has 0 saturated heterocycles. The lowest BCUT2D eigenvalue weighted by Crippen LogP contribution is -2.53. The number of carbonyl (C=O) groups is 1. The SMILES string of the molecule is O=C(NCCc1ccc2oc(=O)[nH]c2c1)C12CC3CC(CC(C3)C1)C2. The molecule has 0 spiro atoms. The predicted octanol–water partition coefficient (Wildman–Crippen LogP) is 3.00. The van der Waals surface area contributed by atoms with Gasteiger partial charge in [-0.25, -0.2) is 4.79 Å². The lowest BCUT2D eigenvalue weighted by Gasteiger charge is -2.55. The summed E-state index contributed by atoms with van der Waals surface area (Å²) in [5, 5.41) is 3.21. The molecule has 1 aromatic heterocycles. The summed E-state index contributed by atoms with van der Waals surface area (Å²) in [5.41, 5.74) is 2.31. The fraction of sp³-hybridized carbons (Fsp3) is 0.600. The first-order chi connectivity index (χ1) is 12.1. The van der Waals surface area contributed by atoms with Crippen molar-refractivity contribution in [1.82, 2.24) is 10.3 Å². The molecule has 5 nitrogen and oxygen atoms in total. The molecule has 1 heterocycles. The van der Waals surface area contributed by atoms with Gasteiger partial charge in [-0.2, -0.15) is 0 Å². The van der Waals surface area contributed by atoms with Gasteiger partial charge in [0.15, 0.2) is 5.58 Å². The number of hydrogen-bond acceptors (Lipinski definition) is 3. The number of amides is 1. The zero-order valence-corrected chi connectivity index (χ0v) is 14.3. The summed E-state index contributed by atoms with van der Waals surface area (Å²) in [6.07, 6.45) is 8.15. The normalized spacial score (nSPS) is 33.0. The zero-order chi connectivity index (χ0) is 17.0. The van der Waals surface area contributed by atoms with Gasteiger partial charge in [-0.15, -0.1) is 0 Å². The van der Waals surface area contributed by atoms with E-state index >= 15 is 0 Å². The molecule has 0 radical (unpaired) electrons. The Morgan fingerprint density at radius 1 is 1.16 bits per heavy atom. The molecular weight excluding hydrogens is 316 g/mol. The monoisotopic (exact) mass is 340 g/mol. The van der Waals surface area contributed by atoms with Crippen molar-refractivity contribution in [2.45, 2.75) is 44.9 Å². The topological polar surface area (TPSA) is 75.1 Å². The molecule has 1 amide bonds. The van der Waals surface area contributed by atoms with Crippen LogP contribution < -0.4 is 11.1 Å². The van der Waals surface area contributed by atoms with Gasteiger partial charge >= 0.3 is 5.76 Å². The van der Waals surface area contributed by atoms with E-state index in [0.29, 0.717) is 12.1 Å². The summed E-state index contributed by atoms with van der Waals surface area (Å²) in [7, 11) is 0. The number of hydrogen-bond donors (Lipinski definition) is 2. The molecule has 25 heavy (non-hydrogen) atoms. The van der Waals surface area contributed by atoms with E-state index in [0.717, 1.165) is 54.5 Å². The largest absolute Gasteiger partial charge is 0.417 e. The summed E-state index contributed by atoms with van der Waals surface area (Å²) >= 11 is 0. The highest BCUT2D eigenvalue weighted by Crippen LogP contribution is 2.60. The molecule has 1 aromatic carbocycles. The van der Waals surface area contributed by atoms with Crippen molar-refractivity contribution < 1.29 is 9.21 Å². The standard InChI is InChI=1S/C20H24N2O3/c23-18(20-9-13-5-14(10-20)7-15(6-13)11-20)21-4-3-12-1-2-17-16(8-12)22-19(24)25-17/h1-2,8,13-15H,3-7,9-11H2,(H,21,23)(H,22,24). The van der Waals surface area contributed by atoms with Crippen molar-refractivity contribution in [3.05, 3.63) is 34.3 Å². The number of oxazole rings is 1. The minimum absolute atomic E-state index is 0.0749. The first kappa shape index (κ1) is 15.2. The van der Waals surface area contributed by atoms with Crippen LogP contribution in [0.25, 0.3) is 11.1 Å². The molecule has 5 heteroatoms. The van der Waals surface area contributed by atoms with Gasteiger partial charge in [-0.1, -0.05) is 6.07 Å². The lowest BCUT2D eigenvalue weighted by atomic mass is 9.49. The van der Waals surface area contributed by atoms with Gasteiger partial charge in [0, 0.05) is 12.0 Å². The lowest BCUT2D eigenvalue weighted by molar-refractivity contribution is -0.146. The Bertz CT molecular complexity index is 843. The number of aromatic amines is 1. The highest BCUT2D eigenvalue weighted by atomic mass is 16.4. The maximum Gasteiger partial charge on any atom is 0.417 e. The van der Waals surface area contributed by atoms with Crippen LogP contribution in [-0.4, -0.2) is 17.4 Å². The van der Waals surface area contributed by atoms with Crippen molar-refractivity contribution >= 4 is 17.0 Å². The number of benzene rings is 1. The van der Waals surface area contributed by atoms with Gasteiger partial charge in [0.25, 0.3) is 0 Å². The number of H-pyrrole nitrogens is 1. The molecule has 0 atom stereocenters. The molecule has 4 bridgehead atoms. The number of fused-ring (bicyclic) bond motifs is 1. The summed E-state index contributed by atoms with van der Waals surface area (Å²) in [6.45, 7) is 0.647. The fourth-order valence-corrected chi connectivity index (χ4v) is 6.05. The van der Waals surface area contributed by atoms with E-state index in [1.165, 1.54) is 19.3 Å². The van der Waals surface area contributed by atoms with Gasteiger partial charge in [-0.05, 0) is 80.4 Å². The van der Waals surface area contributed by atoms with Crippen LogP contribution in [0, 0.1) is 23.2 Å². The Morgan fingerprint density at radius 3 is 2.52 bits per heavy atom. The van der Waals surface area contributed by atoms with Crippen molar-refractivity contribution in [2.24, 2.45) is 23.2 Å². The van der Waals surface area contributed by atoms with Crippen LogP contribution in [0.1, 0.15) is 44.1 Å². The Kier molecular flexibility index (Phi) is 3.34. The van der Waals surface area contributed by atoms with E-state index < -0.39 is 5.76 Å². The van der Waals surface area contributed by atoms with E-state index in [1.807, 2.05) is 18.2 Å². The van der Waals surface area contributed by atoms with Gasteiger partial charge in [0.2, 0.25) is 5.91 Å². The van der Waals surface area contributed by atoms with Crippen LogP contribution in [0.2, 0.25) is 0 Å². The van der Waals surface area contributed by atoms with Crippen LogP contribution in [0.15, 0.2) is 27.4 Å². The fourth-order valence-electron chi connectivity index (χ4n) is 6.05. The smallest absolute Gasteiger partial charge is 0.408 e. The van der Waals surface area contributed by atoms with Gasteiger partial charge in [0.1, 0.15) is 0 Å². The van der Waals surface area contributed by atoms with Crippen LogP contribution in [-0.2, 0) is 11.2 Å². The molecule has 4 aliphatic carbocycles. The zero-order valence-electron chi connectivity index (χ0n) is 14.3. The maximum atomic E-state index is 12.9. The molecular formula is C20H24N2O3. The highest BCUT2D eigenvalue weighted by Gasteiger charge is 2.54. The van der Waals surface area contributed by atoms with E-state index in [9.17, 15) is 9.59 Å². The second kappa shape index (κ2) is 5.48.